The number of rotatable bonds is 12. The second-order valence-corrected chi connectivity index (χ2v) is 27.5. The van der Waals surface area contributed by atoms with E-state index < -0.39 is 42.8 Å². The van der Waals surface area contributed by atoms with E-state index in [1.165, 1.54) is 61.8 Å². The van der Waals surface area contributed by atoms with Crippen LogP contribution in [0.2, 0.25) is 0 Å². The molecule has 6 heterocycles. The van der Waals surface area contributed by atoms with Gasteiger partial charge in [0.1, 0.15) is 16.7 Å². The molecule has 6 aromatic heterocycles. The smallest absolute Gasteiger partial charge is 0.341 e. The van der Waals surface area contributed by atoms with E-state index in [0.717, 1.165) is 120 Å². The Morgan fingerprint density at radius 1 is 0.518 bits per heavy atom. The maximum atomic E-state index is 11.8. The third kappa shape index (κ3) is 14.6. The fourth-order valence-corrected chi connectivity index (χ4v) is 13.3. The second-order valence-electron chi connectivity index (χ2n) is 21.2. The largest absolute Gasteiger partial charge is 0.477 e. The van der Waals surface area contributed by atoms with Crippen LogP contribution in [0.5, 0.6) is 0 Å². The first-order valence-corrected chi connectivity index (χ1v) is 33.9. The van der Waals surface area contributed by atoms with Gasteiger partial charge in [0, 0.05) is 86.1 Å². The van der Waals surface area contributed by atoms with Gasteiger partial charge in [-0.05, 0) is 97.9 Å². The minimum atomic E-state index is -3.27. The van der Waals surface area contributed by atoms with Crippen molar-refractivity contribution in [1.29, 1.82) is 0 Å². The standard InChI is InChI=1S/C20H21N3O4S.C20H21N3O3S.C20H21N3O2S.CHCl3/c1-28(26,27)15-9-7-13(8-10-15)16-11-21-19-17(20(24)25)12-22-23(19)18(16)14-5-3-2-4-6-14;1-27(26)15-9-7-13(8-10-15)16-11-21-19-17(20(24)25)12-22-23(19)18(16)14-5-3-2-4-6-14;1-26-15-9-7-13(8-10-15)16-11-21-19-17(20(24)25)12-22-23(19)18(16)14-5-3-2-4-6-14;2-1(3)4/h7-12,14H,2-6H2,1H3,(H,24,25);7-12,14H,2-6H2,1H3,(H,24,25);7-12,14H,2-6H2,1H3,(H,24,25);1H. The Hall–Kier alpha value is -6.75. The van der Waals surface area contributed by atoms with Crippen LogP contribution in [0, 0.1) is 0 Å². The molecule has 3 aliphatic rings. The molecular formula is C61H64Cl3N9O9S3. The van der Waals surface area contributed by atoms with E-state index >= 15 is 0 Å². The Bertz CT molecular complexity index is 3990. The van der Waals surface area contributed by atoms with Gasteiger partial charge in [0.25, 0.3) is 0 Å². The Balaban J connectivity index is 0.000000148. The summed E-state index contributed by atoms with van der Waals surface area (Å²) in [6, 6.07) is 22.8. The van der Waals surface area contributed by atoms with Gasteiger partial charge < -0.3 is 15.3 Å². The first-order chi connectivity index (χ1) is 40.8. The summed E-state index contributed by atoms with van der Waals surface area (Å²) in [6.45, 7) is 0. The maximum absolute atomic E-state index is 11.8. The van der Waals surface area contributed by atoms with Crippen LogP contribution in [-0.2, 0) is 20.6 Å². The number of sulfone groups is 1. The fraction of sp³-hybridized carbons (Fsp3) is 0.361. The highest BCUT2D eigenvalue weighted by Gasteiger charge is 2.29. The molecule has 3 N–H and O–H groups in total. The number of fused-ring (bicyclic) bond motifs is 3. The Kier molecular flexibility index (Phi) is 20.8. The van der Waals surface area contributed by atoms with Crippen molar-refractivity contribution in [2.45, 2.75) is 133 Å². The van der Waals surface area contributed by atoms with E-state index in [1.807, 2.05) is 30.5 Å². The third-order valence-corrected chi connectivity index (χ3v) is 18.7. The molecule has 18 nitrogen and oxygen atoms in total. The lowest BCUT2D eigenvalue weighted by Gasteiger charge is -2.25. The summed E-state index contributed by atoms with van der Waals surface area (Å²) in [7, 11) is -4.30. The molecule has 3 fully saturated rings. The van der Waals surface area contributed by atoms with Gasteiger partial charge in [-0.1, -0.05) is 129 Å². The summed E-state index contributed by atoms with van der Waals surface area (Å²) in [5, 5.41) is 41.4. The van der Waals surface area contributed by atoms with Gasteiger partial charge >= 0.3 is 17.9 Å². The summed E-state index contributed by atoms with van der Waals surface area (Å²) >= 11 is 16.1. The SMILES string of the molecule is CS(=O)(=O)c1ccc(-c2cnc3c(C(=O)O)cnn3c2C2CCCCC2)cc1.CS(=O)c1ccc(-c2cnc3c(C(=O)O)cnn3c2C2CCCCC2)cc1.CSc1ccc(-c2cnc3c(C(=O)O)cnn3c2C2CCCCC2)cc1.ClC(Cl)Cl. The fourth-order valence-electron chi connectivity index (χ4n) is 11.8. The predicted octanol–water partition coefficient (Wildman–Crippen LogP) is 14.3. The van der Waals surface area contributed by atoms with Crippen LogP contribution < -0.4 is 0 Å². The van der Waals surface area contributed by atoms with Crippen LogP contribution in [0.25, 0.3) is 50.3 Å². The van der Waals surface area contributed by atoms with Gasteiger partial charge in [-0.25, -0.2) is 51.3 Å². The second kappa shape index (κ2) is 28.2. The first kappa shape index (κ1) is 62.8. The molecular weight excluding hydrogens is 1210 g/mol. The first-order valence-electron chi connectivity index (χ1n) is 27.9. The highest BCUT2D eigenvalue weighted by atomic mass is 35.6. The van der Waals surface area contributed by atoms with E-state index in [4.69, 9.17) is 34.8 Å². The van der Waals surface area contributed by atoms with Gasteiger partial charge in [-0.2, -0.15) is 15.3 Å². The van der Waals surface area contributed by atoms with Crippen LogP contribution >= 0.6 is 46.6 Å². The summed E-state index contributed by atoms with van der Waals surface area (Å²) in [6.07, 6.45) is 31.3. The molecule has 1 atom stereocenters. The van der Waals surface area contributed by atoms with Crippen molar-refractivity contribution in [2.75, 3.05) is 18.8 Å². The number of hydrogen-bond donors (Lipinski definition) is 3. The molecule has 0 bridgehead atoms. The molecule has 1 unspecified atom stereocenters. The zero-order valence-electron chi connectivity index (χ0n) is 47.0. The lowest BCUT2D eigenvalue weighted by molar-refractivity contribution is 0.0687. The zero-order valence-corrected chi connectivity index (χ0v) is 51.7. The van der Waals surface area contributed by atoms with Crippen molar-refractivity contribution in [3.05, 3.63) is 144 Å². The number of carboxylic acid groups (broad SMARTS) is 3. The summed E-state index contributed by atoms with van der Waals surface area (Å²) < 4.78 is 39.6. The monoisotopic (exact) mass is 1270 g/mol. The number of carbonyl (C=O) groups is 3. The zero-order chi connectivity index (χ0) is 60.5. The van der Waals surface area contributed by atoms with E-state index in [9.17, 15) is 42.3 Å². The molecule has 3 aromatic carbocycles. The third-order valence-electron chi connectivity index (χ3n) is 15.9. The normalized spacial score (nSPS) is 15.6. The van der Waals surface area contributed by atoms with E-state index in [1.54, 1.807) is 68.2 Å². The molecule has 85 heavy (non-hydrogen) atoms. The number of halogens is 3. The molecule has 9 aromatic rings. The minimum Gasteiger partial charge on any atom is -0.477 e. The maximum Gasteiger partial charge on any atom is 0.341 e. The lowest BCUT2D eigenvalue weighted by atomic mass is 9.84. The quantitative estimate of drug-likeness (QED) is 0.0759. The Morgan fingerprint density at radius 3 is 1.08 bits per heavy atom. The van der Waals surface area contributed by atoms with Crippen molar-refractivity contribution in [1.82, 2.24) is 43.8 Å². The molecule has 0 saturated heterocycles. The summed E-state index contributed by atoms with van der Waals surface area (Å²) in [5.41, 5.74) is 10.4. The van der Waals surface area contributed by atoms with Crippen LogP contribution in [0.1, 0.15) is 162 Å². The van der Waals surface area contributed by atoms with Crippen LogP contribution in [0.4, 0.5) is 0 Å². The topological polar surface area (TPSA) is 254 Å². The molecule has 3 saturated carbocycles. The van der Waals surface area contributed by atoms with Gasteiger partial charge in [0.05, 0.1) is 40.6 Å². The number of aromatic carboxylic acids is 3. The molecule has 12 rings (SSSR count). The van der Waals surface area contributed by atoms with Gasteiger partial charge in [-0.3, -0.25) is 4.21 Å². The summed E-state index contributed by atoms with van der Waals surface area (Å²) in [4.78, 5) is 50.0. The highest BCUT2D eigenvalue weighted by Crippen LogP contribution is 2.42. The van der Waals surface area contributed by atoms with Crippen molar-refractivity contribution in [2.24, 2.45) is 0 Å². The molecule has 446 valence electrons. The molecule has 0 spiro atoms. The van der Waals surface area contributed by atoms with E-state index in [-0.39, 0.29) is 27.5 Å². The lowest BCUT2D eigenvalue weighted by Crippen LogP contribution is -2.13. The molecule has 0 radical (unpaired) electrons. The van der Waals surface area contributed by atoms with Crippen LogP contribution in [0.3, 0.4) is 0 Å². The molecule has 3 aliphatic carbocycles. The van der Waals surface area contributed by atoms with Crippen molar-refractivity contribution in [3.8, 4) is 33.4 Å². The average Bonchev–Trinajstić information content (AvgIpc) is 4.11. The molecule has 0 amide bonds. The van der Waals surface area contributed by atoms with E-state index in [2.05, 4.69) is 60.8 Å². The molecule has 0 aliphatic heterocycles. The van der Waals surface area contributed by atoms with Crippen LogP contribution in [0.15, 0.2) is 125 Å². The highest BCUT2D eigenvalue weighted by molar-refractivity contribution is 7.98. The van der Waals surface area contributed by atoms with Gasteiger partial charge in [0.2, 0.25) is 0 Å². The predicted molar refractivity (Wildman–Crippen MR) is 332 cm³/mol. The van der Waals surface area contributed by atoms with Crippen molar-refractivity contribution >= 4 is 102 Å². The number of aromatic nitrogens is 9. The van der Waals surface area contributed by atoms with E-state index in [0.29, 0.717) is 28.8 Å². The molecule has 24 heteroatoms. The Labute approximate surface area is 513 Å². The number of nitrogens with zero attached hydrogens (tertiary/aromatic N) is 9. The Morgan fingerprint density at radius 2 is 0.812 bits per heavy atom. The average molecular weight is 1270 g/mol. The number of alkyl halides is 3. The number of thioether (sulfide) groups is 1. The van der Waals surface area contributed by atoms with Crippen LogP contribution in [-0.4, -0.2) is 113 Å². The number of carboxylic acids is 3. The number of benzene rings is 3. The van der Waals surface area contributed by atoms with Gasteiger partial charge in [-0.15, -0.1) is 11.8 Å². The van der Waals surface area contributed by atoms with Gasteiger partial charge in [0.15, 0.2) is 31.1 Å². The number of hydrogen-bond acceptors (Lipinski definition) is 13. The summed E-state index contributed by atoms with van der Waals surface area (Å²) in [5.74, 6) is -2.10. The van der Waals surface area contributed by atoms with Crippen molar-refractivity contribution in [3.63, 3.8) is 0 Å². The minimum absolute atomic E-state index is 0.0797. The van der Waals surface area contributed by atoms with Crippen molar-refractivity contribution < 1.29 is 42.3 Å².